The van der Waals surface area contributed by atoms with E-state index in [0.717, 1.165) is 38.9 Å². The van der Waals surface area contributed by atoms with Gasteiger partial charge in [0.15, 0.2) is 11.8 Å². The predicted octanol–water partition coefficient (Wildman–Crippen LogP) is 7.72. The van der Waals surface area contributed by atoms with E-state index in [1.807, 2.05) is 0 Å². The van der Waals surface area contributed by atoms with Crippen molar-refractivity contribution in [1.29, 1.82) is 0 Å². The van der Waals surface area contributed by atoms with Crippen LogP contribution >= 0.6 is 0 Å². The number of hydrogen-bond acceptors (Lipinski definition) is 1. The van der Waals surface area contributed by atoms with Crippen molar-refractivity contribution in [3.63, 3.8) is 0 Å². The maximum atomic E-state index is 7.23. The van der Waals surface area contributed by atoms with E-state index in [2.05, 4.69) is 155 Å². The summed E-state index contributed by atoms with van der Waals surface area (Å²) in [6.45, 7) is 2.26. The number of benzene rings is 6. The van der Waals surface area contributed by atoms with Gasteiger partial charge in [-0.3, -0.25) is 0 Å². The van der Waals surface area contributed by atoms with Gasteiger partial charge in [-0.2, -0.15) is 0 Å². The maximum Gasteiger partial charge on any atom is 0.252 e. The highest BCUT2D eigenvalue weighted by Gasteiger charge is 2.42. The first kappa shape index (κ1) is 25.1. The summed E-state index contributed by atoms with van der Waals surface area (Å²) in [5.74, 6) is 0. The number of rotatable bonds is 1. The fourth-order valence-corrected chi connectivity index (χ4v) is 9.36. The summed E-state index contributed by atoms with van der Waals surface area (Å²) >= 11 is 0. The zero-order valence-corrected chi connectivity index (χ0v) is 26.5. The first-order valence-electron chi connectivity index (χ1n) is 16.7. The van der Waals surface area contributed by atoms with E-state index >= 15 is 0 Å². The zero-order chi connectivity index (χ0) is 31.4. The Kier molecular flexibility index (Phi) is 4.41. The second-order valence-electron chi connectivity index (χ2n) is 13.6. The first-order chi connectivity index (χ1) is 23.7. The monoisotopic (exact) mass is 612 g/mol. The quantitative estimate of drug-likeness (QED) is 0.138. The minimum Gasteiger partial charge on any atom is -0.453 e. The van der Waals surface area contributed by atoms with E-state index in [-0.39, 0.29) is 6.71 Å². The third kappa shape index (κ3) is 2.77. The Labute approximate surface area is 275 Å². The molecule has 0 saturated carbocycles. The Bertz CT molecular complexity index is 3100. The van der Waals surface area contributed by atoms with E-state index in [9.17, 15) is 0 Å². The molecule has 0 saturated heterocycles. The molecule has 48 heavy (non-hydrogen) atoms. The van der Waals surface area contributed by atoms with Gasteiger partial charge in [0, 0.05) is 55.7 Å². The van der Waals surface area contributed by atoms with Crippen LogP contribution in [0, 0.1) is 6.92 Å². The maximum absolute atomic E-state index is 7.23. The number of hydrogen-bond donors (Lipinski definition) is 0. The summed E-state index contributed by atoms with van der Waals surface area (Å²) in [4.78, 5) is 0. The summed E-state index contributed by atoms with van der Waals surface area (Å²) in [6.07, 6.45) is 2.11. The largest absolute Gasteiger partial charge is 0.453 e. The van der Waals surface area contributed by atoms with Crippen molar-refractivity contribution in [2.24, 2.45) is 7.05 Å². The number of nitrogens with zero attached hydrogens (tertiary/aromatic N) is 3. The van der Waals surface area contributed by atoms with Gasteiger partial charge in [-0.15, -0.1) is 0 Å². The molecule has 6 aromatic carbocycles. The Balaban J connectivity index is 1.30. The number of furan rings is 1. The van der Waals surface area contributed by atoms with Crippen molar-refractivity contribution in [1.82, 2.24) is 9.13 Å². The molecule has 6 heterocycles. The number of para-hydroxylation sites is 3. The van der Waals surface area contributed by atoms with Crippen LogP contribution in [0.25, 0.3) is 88.2 Å². The highest BCUT2D eigenvalue weighted by molar-refractivity contribution is 7.00. The average Bonchev–Trinajstić information content (AvgIpc) is 3.78. The van der Waals surface area contributed by atoms with Crippen molar-refractivity contribution in [3.05, 3.63) is 133 Å². The molecule has 0 spiro atoms. The second-order valence-corrected chi connectivity index (χ2v) is 13.6. The molecule has 0 bridgehead atoms. The first-order valence-corrected chi connectivity index (χ1v) is 16.7. The van der Waals surface area contributed by atoms with E-state index in [0.29, 0.717) is 0 Å². The standard InChI is InChI=1S/C43H27BN3O/c1-24-17-18-29-30-19-21-32-41(43(30)48-42(29)37(24)35-16-7-8-23-45(35)2)47-34-15-6-4-11-26(34)28-20-22-36-38(40(28)47)44(32)31-13-9-12-27-25-10-3-5-14-33(25)46(36)39(27)31/h3-23H,1-2H3/q+1. The molecule has 12 rings (SSSR count). The van der Waals surface area contributed by atoms with Crippen LogP contribution in [0.2, 0.25) is 0 Å². The molecule has 0 unspecified atom stereocenters. The molecule has 4 aromatic heterocycles. The minimum atomic E-state index is 0.0711. The summed E-state index contributed by atoms with van der Waals surface area (Å²) in [5.41, 5.74) is 16.9. The summed E-state index contributed by atoms with van der Waals surface area (Å²) in [5, 5.41) is 7.46. The Morgan fingerprint density at radius 3 is 2.08 bits per heavy atom. The van der Waals surface area contributed by atoms with Crippen molar-refractivity contribution in [2.75, 3.05) is 0 Å². The summed E-state index contributed by atoms with van der Waals surface area (Å²) in [7, 11) is 2.11. The molecule has 0 aliphatic carbocycles. The normalized spacial score (nSPS) is 13.2. The summed E-state index contributed by atoms with van der Waals surface area (Å²) < 4.78 is 14.5. The molecule has 0 radical (unpaired) electrons. The number of fused-ring (bicyclic) bond motifs is 15. The Hall–Kier alpha value is -6.07. The van der Waals surface area contributed by atoms with Gasteiger partial charge in [-0.1, -0.05) is 84.9 Å². The second kappa shape index (κ2) is 8.44. The van der Waals surface area contributed by atoms with Gasteiger partial charge >= 0.3 is 0 Å². The molecule has 2 aliphatic heterocycles. The minimum absolute atomic E-state index is 0.0711. The van der Waals surface area contributed by atoms with Crippen LogP contribution in [-0.4, -0.2) is 15.8 Å². The molecule has 2 aliphatic rings. The lowest BCUT2D eigenvalue weighted by atomic mass is 9.34. The number of aryl methyl sites for hydroxylation is 2. The Morgan fingerprint density at radius 2 is 1.25 bits per heavy atom. The van der Waals surface area contributed by atoms with E-state index in [4.69, 9.17) is 4.42 Å². The molecule has 10 aromatic rings. The predicted molar refractivity (Wildman–Crippen MR) is 198 cm³/mol. The van der Waals surface area contributed by atoms with Crippen LogP contribution in [0.3, 0.4) is 0 Å². The number of pyridine rings is 1. The van der Waals surface area contributed by atoms with Gasteiger partial charge in [0.2, 0.25) is 5.69 Å². The molecule has 222 valence electrons. The molecule has 0 atom stereocenters. The van der Waals surface area contributed by atoms with Crippen molar-refractivity contribution in [3.8, 4) is 22.6 Å². The fourth-order valence-electron chi connectivity index (χ4n) is 9.36. The molecule has 4 nitrogen and oxygen atoms in total. The van der Waals surface area contributed by atoms with Crippen LogP contribution in [0.4, 0.5) is 0 Å². The lowest BCUT2D eigenvalue weighted by molar-refractivity contribution is -0.660. The molecular formula is C43H27BN3O+. The van der Waals surface area contributed by atoms with Gasteiger partial charge in [-0.25, -0.2) is 4.57 Å². The lowest BCUT2D eigenvalue weighted by Crippen LogP contribution is -2.59. The van der Waals surface area contributed by atoms with Gasteiger partial charge in [0.25, 0.3) is 6.71 Å². The molecule has 0 fully saturated rings. The van der Waals surface area contributed by atoms with Crippen LogP contribution in [0.1, 0.15) is 5.56 Å². The van der Waals surface area contributed by atoms with E-state index < -0.39 is 0 Å². The molecular weight excluding hydrogens is 585 g/mol. The average molecular weight is 613 g/mol. The molecule has 0 amide bonds. The summed E-state index contributed by atoms with van der Waals surface area (Å²) in [6, 6.07) is 44.9. The van der Waals surface area contributed by atoms with Crippen LogP contribution in [0.5, 0.6) is 0 Å². The van der Waals surface area contributed by atoms with E-state index in [1.165, 1.54) is 71.3 Å². The third-order valence-electron chi connectivity index (χ3n) is 11.3. The van der Waals surface area contributed by atoms with Crippen molar-refractivity contribution < 1.29 is 8.98 Å². The van der Waals surface area contributed by atoms with Gasteiger partial charge < -0.3 is 13.6 Å². The van der Waals surface area contributed by atoms with Gasteiger partial charge in [-0.05, 0) is 53.1 Å². The highest BCUT2D eigenvalue weighted by atomic mass is 16.3. The van der Waals surface area contributed by atoms with Gasteiger partial charge in [0.1, 0.15) is 12.6 Å². The zero-order valence-electron chi connectivity index (χ0n) is 26.5. The van der Waals surface area contributed by atoms with Crippen LogP contribution < -0.4 is 21.0 Å². The highest BCUT2D eigenvalue weighted by Crippen LogP contribution is 2.44. The number of aromatic nitrogens is 3. The lowest BCUT2D eigenvalue weighted by Gasteiger charge is -2.33. The van der Waals surface area contributed by atoms with Crippen LogP contribution in [0.15, 0.2) is 132 Å². The fraction of sp³-hybridized carbons (Fsp3) is 0.0465. The van der Waals surface area contributed by atoms with Crippen molar-refractivity contribution in [2.45, 2.75) is 6.92 Å². The smallest absolute Gasteiger partial charge is 0.252 e. The SMILES string of the molecule is Cc1ccc2c(oc3c4c(ccc32)B2c3cccc5c6ccccc6n(c35)-c3ccc5c6ccccc6n-4c5c32)c1-c1cccc[n+]1C. The molecule has 0 N–H and O–H groups in total. The van der Waals surface area contributed by atoms with E-state index in [1.54, 1.807) is 0 Å². The topological polar surface area (TPSA) is 26.9 Å². The van der Waals surface area contributed by atoms with Crippen molar-refractivity contribution >= 4 is 88.7 Å². The Morgan fingerprint density at radius 1 is 0.562 bits per heavy atom. The third-order valence-corrected chi connectivity index (χ3v) is 11.3. The molecule has 5 heteroatoms. The van der Waals surface area contributed by atoms with Gasteiger partial charge in [0.05, 0.1) is 27.8 Å². The van der Waals surface area contributed by atoms with Crippen LogP contribution in [-0.2, 0) is 7.05 Å².